The molecule has 1 N–H and O–H groups in total. The number of aromatic nitrogens is 3. The van der Waals surface area contributed by atoms with E-state index < -0.39 is 0 Å². The highest BCUT2D eigenvalue weighted by Gasteiger charge is 2.17. The van der Waals surface area contributed by atoms with Crippen LogP contribution in [-0.4, -0.2) is 52.4 Å². The molecule has 2 aromatic carbocycles. The van der Waals surface area contributed by atoms with E-state index in [0.717, 1.165) is 30.8 Å². The fourth-order valence-electron chi connectivity index (χ4n) is 3.35. The topological polar surface area (TPSA) is 66.3 Å². The van der Waals surface area contributed by atoms with Gasteiger partial charge in [0.1, 0.15) is 12.7 Å². The average molecular weight is 407 g/mol. The minimum atomic E-state index is -0.0642. The molecule has 1 atom stereocenters. The Kier molecular flexibility index (Phi) is 7.43. The van der Waals surface area contributed by atoms with E-state index in [1.165, 1.54) is 12.0 Å². The lowest BCUT2D eigenvalue weighted by molar-refractivity contribution is 0.194. The van der Waals surface area contributed by atoms with E-state index in [2.05, 4.69) is 51.5 Å². The van der Waals surface area contributed by atoms with Crippen molar-refractivity contribution in [1.29, 1.82) is 0 Å². The van der Waals surface area contributed by atoms with Crippen LogP contribution in [0.25, 0.3) is 5.69 Å². The molecule has 0 unspecified atom stereocenters. The van der Waals surface area contributed by atoms with Crippen molar-refractivity contribution in [2.45, 2.75) is 26.3 Å². The third-order valence-electron chi connectivity index (χ3n) is 5.34. The van der Waals surface area contributed by atoms with Gasteiger partial charge >= 0.3 is 6.03 Å². The van der Waals surface area contributed by atoms with Gasteiger partial charge in [-0.25, -0.2) is 14.5 Å². The van der Waals surface area contributed by atoms with Gasteiger partial charge in [-0.05, 0) is 50.1 Å². The minimum absolute atomic E-state index is 0.0359. The molecule has 7 heteroatoms. The molecule has 1 aromatic heterocycles. The number of para-hydroxylation sites is 1. The number of benzene rings is 2. The molecule has 0 spiro atoms. The molecule has 0 aliphatic rings. The zero-order valence-electron chi connectivity index (χ0n) is 17.9. The van der Waals surface area contributed by atoms with Crippen LogP contribution in [0, 0.1) is 0 Å². The predicted octanol–water partition coefficient (Wildman–Crippen LogP) is 3.89. The van der Waals surface area contributed by atoms with E-state index in [-0.39, 0.29) is 12.1 Å². The molecule has 3 rings (SSSR count). The van der Waals surface area contributed by atoms with Crippen molar-refractivity contribution in [3.63, 3.8) is 0 Å². The highest BCUT2D eigenvalue weighted by Crippen LogP contribution is 2.20. The molecule has 1 heterocycles. The normalized spacial score (nSPS) is 11.7. The van der Waals surface area contributed by atoms with Gasteiger partial charge in [0, 0.05) is 32.4 Å². The van der Waals surface area contributed by atoms with Gasteiger partial charge in [0.25, 0.3) is 0 Å². The zero-order valence-corrected chi connectivity index (χ0v) is 17.9. The molecule has 0 aliphatic carbocycles. The maximum absolute atomic E-state index is 12.6. The van der Waals surface area contributed by atoms with Crippen molar-refractivity contribution in [3.8, 4) is 5.69 Å². The smallest absolute Gasteiger partial charge is 0.317 e. The Balaban J connectivity index is 1.46. The van der Waals surface area contributed by atoms with Crippen molar-refractivity contribution in [2.24, 2.45) is 0 Å². The van der Waals surface area contributed by atoms with E-state index in [9.17, 15) is 4.79 Å². The first-order valence-electron chi connectivity index (χ1n) is 10.4. The zero-order chi connectivity index (χ0) is 21.3. The average Bonchev–Trinajstić information content (AvgIpc) is 3.33. The predicted molar refractivity (Wildman–Crippen MR) is 120 cm³/mol. The quantitative estimate of drug-likeness (QED) is 0.548. The van der Waals surface area contributed by atoms with Gasteiger partial charge in [0.15, 0.2) is 0 Å². The molecule has 7 nitrogen and oxygen atoms in total. The first-order valence-corrected chi connectivity index (χ1v) is 10.4. The van der Waals surface area contributed by atoms with Crippen LogP contribution in [0.3, 0.4) is 0 Å². The lowest BCUT2D eigenvalue weighted by Gasteiger charge is -2.26. The van der Waals surface area contributed by atoms with Crippen LogP contribution in [0.2, 0.25) is 0 Å². The van der Waals surface area contributed by atoms with E-state index in [1.807, 2.05) is 44.3 Å². The summed E-state index contributed by atoms with van der Waals surface area (Å²) in [7, 11) is 1.83. The molecule has 3 aromatic rings. The van der Waals surface area contributed by atoms with Crippen LogP contribution in [-0.2, 0) is 0 Å². The summed E-state index contributed by atoms with van der Waals surface area (Å²) in [6, 6.07) is 18.3. The summed E-state index contributed by atoms with van der Waals surface area (Å²) >= 11 is 0. The van der Waals surface area contributed by atoms with Crippen molar-refractivity contribution >= 4 is 11.7 Å². The third kappa shape index (κ3) is 5.37. The van der Waals surface area contributed by atoms with Gasteiger partial charge in [-0.2, -0.15) is 5.10 Å². The molecular formula is C23H30N6O. The summed E-state index contributed by atoms with van der Waals surface area (Å²) in [5.41, 5.74) is 3.22. The Morgan fingerprint density at radius 1 is 1.13 bits per heavy atom. The molecule has 2 amide bonds. The van der Waals surface area contributed by atoms with E-state index in [1.54, 1.807) is 15.9 Å². The lowest BCUT2D eigenvalue weighted by atomic mass is 10.1. The molecule has 0 radical (unpaired) electrons. The van der Waals surface area contributed by atoms with Gasteiger partial charge in [0.05, 0.1) is 11.7 Å². The number of nitrogens with zero attached hydrogens (tertiary/aromatic N) is 5. The summed E-state index contributed by atoms with van der Waals surface area (Å²) < 4.78 is 1.71. The number of urea groups is 1. The molecule has 0 saturated carbocycles. The summed E-state index contributed by atoms with van der Waals surface area (Å²) in [5, 5.41) is 7.17. The number of hydrogen-bond donors (Lipinski definition) is 1. The van der Waals surface area contributed by atoms with Gasteiger partial charge in [-0.3, -0.25) is 0 Å². The number of carbonyl (C=O) groups is 1. The summed E-state index contributed by atoms with van der Waals surface area (Å²) in [6.07, 6.45) is 4.06. The Labute approximate surface area is 178 Å². The third-order valence-corrected chi connectivity index (χ3v) is 5.34. The summed E-state index contributed by atoms with van der Waals surface area (Å²) in [4.78, 5) is 20.6. The van der Waals surface area contributed by atoms with Gasteiger partial charge < -0.3 is 15.1 Å². The van der Waals surface area contributed by atoms with Crippen molar-refractivity contribution < 1.29 is 4.79 Å². The summed E-state index contributed by atoms with van der Waals surface area (Å²) in [6.45, 7) is 6.67. The number of rotatable bonds is 9. The van der Waals surface area contributed by atoms with Crippen LogP contribution in [0.5, 0.6) is 0 Å². The summed E-state index contributed by atoms with van der Waals surface area (Å²) in [5.74, 6) is 0. The molecule has 158 valence electrons. The molecular weight excluding hydrogens is 376 g/mol. The van der Waals surface area contributed by atoms with Gasteiger partial charge in [-0.1, -0.05) is 30.3 Å². The Hall–Kier alpha value is -3.35. The first kappa shape index (κ1) is 21.4. The maximum Gasteiger partial charge on any atom is 0.317 e. The number of nitrogens with one attached hydrogen (secondary N) is 1. The number of anilines is 1. The van der Waals surface area contributed by atoms with Gasteiger partial charge in [-0.15, -0.1) is 0 Å². The second-order valence-corrected chi connectivity index (χ2v) is 7.22. The molecule has 30 heavy (non-hydrogen) atoms. The molecule has 0 aliphatic heterocycles. The fraction of sp³-hybridized carbons (Fsp3) is 0.348. The van der Waals surface area contributed by atoms with Crippen LogP contribution in [0.1, 0.15) is 31.9 Å². The molecule has 0 bridgehead atoms. The largest absolute Gasteiger partial charge is 0.372 e. The standard InChI is InChI=1S/C23H30N6O/c1-4-28(21-9-6-5-7-10-21)16-8-15-25-23(30)27(3)19(2)20-11-13-22(14-12-20)29-18-24-17-26-29/h5-7,9-14,17-19H,4,8,15-16H2,1-3H3,(H,25,30)/t19-/m0/s1. The van der Waals surface area contributed by atoms with Gasteiger partial charge in [0.2, 0.25) is 0 Å². The molecule has 0 saturated heterocycles. The Morgan fingerprint density at radius 3 is 2.50 bits per heavy atom. The lowest BCUT2D eigenvalue weighted by Crippen LogP contribution is -2.40. The Bertz CT molecular complexity index is 895. The monoisotopic (exact) mass is 406 g/mol. The second-order valence-electron chi connectivity index (χ2n) is 7.22. The maximum atomic E-state index is 12.6. The highest BCUT2D eigenvalue weighted by molar-refractivity contribution is 5.74. The van der Waals surface area contributed by atoms with Crippen molar-refractivity contribution in [1.82, 2.24) is 25.0 Å². The van der Waals surface area contributed by atoms with Crippen molar-refractivity contribution in [2.75, 3.05) is 31.6 Å². The fourth-order valence-corrected chi connectivity index (χ4v) is 3.35. The number of hydrogen-bond acceptors (Lipinski definition) is 4. The second kappa shape index (κ2) is 10.4. The van der Waals surface area contributed by atoms with E-state index in [0.29, 0.717) is 6.54 Å². The Morgan fingerprint density at radius 2 is 1.87 bits per heavy atom. The van der Waals surface area contributed by atoms with Crippen LogP contribution in [0.15, 0.2) is 67.3 Å². The van der Waals surface area contributed by atoms with E-state index in [4.69, 9.17) is 0 Å². The SMILES string of the molecule is CCN(CCCNC(=O)N(C)[C@@H](C)c1ccc(-n2cncn2)cc1)c1ccccc1. The van der Waals surface area contributed by atoms with Crippen LogP contribution < -0.4 is 10.2 Å². The molecule has 0 fully saturated rings. The van der Waals surface area contributed by atoms with E-state index >= 15 is 0 Å². The first-order chi connectivity index (χ1) is 14.6. The van der Waals surface area contributed by atoms with Crippen molar-refractivity contribution in [3.05, 3.63) is 72.8 Å². The van der Waals surface area contributed by atoms with Crippen LogP contribution >= 0.6 is 0 Å². The minimum Gasteiger partial charge on any atom is -0.372 e. The highest BCUT2D eigenvalue weighted by atomic mass is 16.2. The number of amides is 2. The van der Waals surface area contributed by atoms with Crippen LogP contribution in [0.4, 0.5) is 10.5 Å². The number of carbonyl (C=O) groups excluding carboxylic acids is 1.